The normalized spacial score (nSPS) is 14.8. The first-order valence-corrected chi connectivity index (χ1v) is 16.5. The van der Waals surface area contributed by atoms with Crippen LogP contribution in [0.3, 0.4) is 0 Å². The Bertz CT molecular complexity index is 1600. The predicted octanol–water partition coefficient (Wildman–Crippen LogP) is 6.03. The molecule has 0 amide bonds. The number of hydrogen-bond donors (Lipinski definition) is 3. The molecule has 3 aromatic heterocycles. The molecule has 3 N–H and O–H groups in total. The van der Waals surface area contributed by atoms with Crippen LogP contribution in [-0.2, 0) is 26.1 Å². The number of aromatic nitrogens is 3. The van der Waals surface area contributed by atoms with Gasteiger partial charge in [0.2, 0.25) is 0 Å². The Kier molecular flexibility index (Phi) is 10.7. The molecule has 1 aliphatic rings. The summed E-state index contributed by atoms with van der Waals surface area (Å²) in [5.74, 6) is 0.918. The van der Waals surface area contributed by atoms with E-state index >= 15 is 0 Å². The molecule has 1 aliphatic heterocycles. The van der Waals surface area contributed by atoms with Gasteiger partial charge in [0, 0.05) is 93.4 Å². The van der Waals surface area contributed by atoms with Crippen molar-refractivity contribution < 1.29 is 4.74 Å². The SMILES string of the molecule is COc1ccc2[nH]c3c(c2c1)CCN(Cc1ccc(CN(CCNC(C)c2ccccn2)CCNC(C)c2ccccn2)cc1)C3. The third-order valence-electron chi connectivity index (χ3n) is 9.12. The fraction of sp³-hybridized carbons (Fsp3) is 0.368. The lowest BCUT2D eigenvalue weighted by Crippen LogP contribution is -2.37. The van der Waals surface area contributed by atoms with E-state index < -0.39 is 0 Å². The molecule has 0 bridgehead atoms. The number of methoxy groups -OCH3 is 1. The van der Waals surface area contributed by atoms with Gasteiger partial charge in [-0.05, 0) is 79.4 Å². The summed E-state index contributed by atoms with van der Waals surface area (Å²) in [6, 6.07) is 28.2. The number of benzene rings is 2. The molecule has 2 aromatic carbocycles. The Balaban J connectivity index is 1.04. The fourth-order valence-corrected chi connectivity index (χ4v) is 6.43. The average Bonchev–Trinajstić information content (AvgIpc) is 3.46. The minimum absolute atomic E-state index is 0.211. The van der Waals surface area contributed by atoms with Gasteiger partial charge in [-0.2, -0.15) is 0 Å². The molecule has 5 aromatic rings. The van der Waals surface area contributed by atoms with Gasteiger partial charge in [0.15, 0.2) is 0 Å². The fourth-order valence-electron chi connectivity index (χ4n) is 6.43. The molecule has 46 heavy (non-hydrogen) atoms. The van der Waals surface area contributed by atoms with Crippen LogP contribution in [-0.4, -0.2) is 64.6 Å². The summed E-state index contributed by atoms with van der Waals surface area (Å²) >= 11 is 0. The maximum atomic E-state index is 5.47. The highest BCUT2D eigenvalue weighted by Crippen LogP contribution is 2.31. The molecular weight excluding hydrogens is 570 g/mol. The van der Waals surface area contributed by atoms with E-state index in [-0.39, 0.29) is 12.1 Å². The van der Waals surface area contributed by atoms with Crippen LogP contribution in [0.1, 0.15) is 59.7 Å². The molecule has 6 rings (SSSR count). The van der Waals surface area contributed by atoms with Gasteiger partial charge in [-0.3, -0.25) is 19.8 Å². The maximum absolute atomic E-state index is 5.47. The number of nitrogens with one attached hydrogen (secondary N) is 3. The van der Waals surface area contributed by atoms with Crippen molar-refractivity contribution in [3.63, 3.8) is 0 Å². The topological polar surface area (TPSA) is 81.3 Å². The molecule has 8 nitrogen and oxygen atoms in total. The highest BCUT2D eigenvalue weighted by molar-refractivity contribution is 5.86. The number of hydrogen-bond acceptors (Lipinski definition) is 7. The molecule has 2 atom stereocenters. The number of ether oxygens (including phenoxy) is 1. The van der Waals surface area contributed by atoms with Gasteiger partial charge in [0.1, 0.15) is 5.75 Å². The summed E-state index contributed by atoms with van der Waals surface area (Å²) in [6.07, 6.45) is 4.77. The second-order valence-electron chi connectivity index (χ2n) is 12.4. The smallest absolute Gasteiger partial charge is 0.119 e. The number of aromatic amines is 1. The van der Waals surface area contributed by atoms with Gasteiger partial charge in [0.05, 0.1) is 18.5 Å². The van der Waals surface area contributed by atoms with Crippen molar-refractivity contribution in [3.8, 4) is 5.75 Å². The first-order valence-electron chi connectivity index (χ1n) is 16.5. The van der Waals surface area contributed by atoms with Gasteiger partial charge in [0.25, 0.3) is 0 Å². The maximum Gasteiger partial charge on any atom is 0.119 e. The number of fused-ring (bicyclic) bond motifs is 3. The van der Waals surface area contributed by atoms with Crippen molar-refractivity contribution in [1.82, 2.24) is 35.4 Å². The summed E-state index contributed by atoms with van der Waals surface area (Å²) < 4.78 is 5.47. The molecular formula is C38H47N7O. The van der Waals surface area contributed by atoms with Gasteiger partial charge in [-0.25, -0.2) is 0 Å². The van der Waals surface area contributed by atoms with Crippen LogP contribution in [0, 0.1) is 0 Å². The minimum atomic E-state index is 0.211. The quantitative estimate of drug-likeness (QED) is 0.132. The van der Waals surface area contributed by atoms with Crippen molar-refractivity contribution in [3.05, 3.63) is 125 Å². The van der Waals surface area contributed by atoms with E-state index in [1.54, 1.807) is 7.11 Å². The van der Waals surface area contributed by atoms with Crippen molar-refractivity contribution in [2.75, 3.05) is 39.8 Å². The lowest BCUT2D eigenvalue weighted by molar-refractivity contribution is 0.243. The van der Waals surface area contributed by atoms with E-state index in [9.17, 15) is 0 Å². The molecule has 2 unspecified atom stereocenters. The Labute approximate surface area is 273 Å². The molecule has 0 aliphatic carbocycles. The van der Waals surface area contributed by atoms with Crippen LogP contribution in [0.4, 0.5) is 0 Å². The minimum Gasteiger partial charge on any atom is -0.497 e. The lowest BCUT2D eigenvalue weighted by atomic mass is 10.0. The summed E-state index contributed by atoms with van der Waals surface area (Å²) in [4.78, 5) is 17.8. The van der Waals surface area contributed by atoms with Crippen LogP contribution < -0.4 is 15.4 Å². The van der Waals surface area contributed by atoms with Gasteiger partial charge in [-0.1, -0.05) is 36.4 Å². The van der Waals surface area contributed by atoms with E-state index in [1.165, 1.54) is 33.3 Å². The molecule has 0 radical (unpaired) electrons. The van der Waals surface area contributed by atoms with E-state index in [0.29, 0.717) is 0 Å². The number of rotatable bonds is 15. The molecule has 4 heterocycles. The van der Waals surface area contributed by atoms with Gasteiger partial charge < -0.3 is 20.4 Å². The molecule has 8 heteroatoms. The van der Waals surface area contributed by atoms with Crippen molar-refractivity contribution in [1.29, 1.82) is 0 Å². The first-order chi connectivity index (χ1) is 22.6. The average molecular weight is 618 g/mol. The van der Waals surface area contributed by atoms with Gasteiger partial charge >= 0.3 is 0 Å². The molecule has 0 spiro atoms. The molecule has 0 fully saturated rings. The zero-order chi connectivity index (χ0) is 31.7. The summed E-state index contributed by atoms with van der Waals surface area (Å²) in [7, 11) is 1.73. The second-order valence-corrected chi connectivity index (χ2v) is 12.4. The van der Waals surface area contributed by atoms with Crippen LogP contribution in [0.5, 0.6) is 5.75 Å². The van der Waals surface area contributed by atoms with E-state index in [1.807, 2.05) is 42.7 Å². The highest BCUT2D eigenvalue weighted by Gasteiger charge is 2.21. The summed E-state index contributed by atoms with van der Waals surface area (Å²) in [5, 5.41) is 8.63. The zero-order valence-electron chi connectivity index (χ0n) is 27.4. The van der Waals surface area contributed by atoms with Crippen molar-refractivity contribution in [2.24, 2.45) is 0 Å². The van der Waals surface area contributed by atoms with E-state index in [2.05, 4.69) is 97.8 Å². The Morgan fingerprint density at radius 3 is 2.11 bits per heavy atom. The monoisotopic (exact) mass is 617 g/mol. The summed E-state index contributed by atoms with van der Waals surface area (Å²) in [5.41, 5.74) is 8.81. The van der Waals surface area contributed by atoms with Crippen LogP contribution in [0.25, 0.3) is 10.9 Å². The van der Waals surface area contributed by atoms with Crippen molar-refractivity contribution in [2.45, 2.75) is 52.0 Å². The third kappa shape index (κ3) is 8.19. The Hall–Kier alpha value is -4.08. The zero-order valence-corrected chi connectivity index (χ0v) is 27.4. The standard InChI is InChI=1S/C38H47N7O/c1-28(35-8-4-6-17-41-35)39-19-22-44(23-20-40-29(2)36-9-5-7-18-42-36)25-30-10-12-31(13-11-30)26-45-21-16-33-34-24-32(46-3)14-15-37(34)43-38(33)27-45/h4-15,17-18,24,28-29,39-40,43H,16,19-23,25-27H2,1-3H3. The molecule has 0 saturated heterocycles. The van der Waals surface area contributed by atoms with Crippen LogP contribution in [0.2, 0.25) is 0 Å². The van der Waals surface area contributed by atoms with Crippen LogP contribution in [0.15, 0.2) is 91.3 Å². The van der Waals surface area contributed by atoms with Crippen molar-refractivity contribution >= 4 is 10.9 Å². The highest BCUT2D eigenvalue weighted by atomic mass is 16.5. The first kappa shape index (κ1) is 31.9. The Morgan fingerprint density at radius 1 is 0.848 bits per heavy atom. The van der Waals surface area contributed by atoms with E-state index in [4.69, 9.17) is 4.74 Å². The van der Waals surface area contributed by atoms with E-state index in [0.717, 1.165) is 75.9 Å². The number of nitrogens with zero attached hydrogens (tertiary/aromatic N) is 4. The van der Waals surface area contributed by atoms with Crippen LogP contribution >= 0.6 is 0 Å². The molecule has 0 saturated carbocycles. The third-order valence-corrected chi connectivity index (χ3v) is 9.12. The predicted molar refractivity (Wildman–Crippen MR) is 186 cm³/mol. The van der Waals surface area contributed by atoms with Gasteiger partial charge in [-0.15, -0.1) is 0 Å². The number of H-pyrrole nitrogens is 1. The Morgan fingerprint density at radius 2 is 1.50 bits per heavy atom. The molecule has 240 valence electrons. The lowest BCUT2D eigenvalue weighted by Gasteiger charge is -2.27. The summed E-state index contributed by atoms with van der Waals surface area (Å²) in [6.45, 7) is 11.9. The second kappa shape index (κ2) is 15.5. The number of pyridine rings is 2. The largest absolute Gasteiger partial charge is 0.497 e.